The van der Waals surface area contributed by atoms with Gasteiger partial charge in [0.2, 0.25) is 0 Å². The van der Waals surface area contributed by atoms with Crippen LogP contribution in [0.2, 0.25) is 0 Å². The monoisotopic (exact) mass is 218 g/mol. The molecule has 0 saturated carbocycles. The largest absolute Gasteiger partial charge is 0.396 e. The van der Waals surface area contributed by atoms with Gasteiger partial charge in [-0.3, -0.25) is 0 Å². The molecule has 3 heteroatoms. The summed E-state index contributed by atoms with van der Waals surface area (Å²) >= 11 is 0. The van der Waals surface area contributed by atoms with Crippen molar-refractivity contribution in [1.82, 2.24) is 0 Å². The van der Waals surface area contributed by atoms with E-state index in [4.69, 9.17) is 16.1 Å². The minimum atomic E-state index is -0.349. The molecular formula is C13H18N2O. The Labute approximate surface area is 96.6 Å². The van der Waals surface area contributed by atoms with Crippen molar-refractivity contribution in [2.24, 2.45) is 17.6 Å². The second kappa shape index (κ2) is 6.26. The molecule has 3 atom stereocenters. The molecule has 0 aromatic carbocycles. The molecule has 0 saturated heterocycles. The van der Waals surface area contributed by atoms with Crippen LogP contribution in [-0.2, 0) is 0 Å². The van der Waals surface area contributed by atoms with Crippen molar-refractivity contribution < 1.29 is 5.11 Å². The topological polar surface area (TPSA) is 70.0 Å². The highest BCUT2D eigenvalue weighted by Crippen LogP contribution is 2.20. The highest BCUT2D eigenvalue weighted by atomic mass is 16.3. The average molecular weight is 218 g/mol. The van der Waals surface area contributed by atoms with Gasteiger partial charge in [-0.2, -0.15) is 5.26 Å². The second-order valence-corrected chi connectivity index (χ2v) is 4.05. The predicted molar refractivity (Wildman–Crippen MR) is 64.3 cm³/mol. The number of nitrogens with two attached hydrogens (primary N) is 1. The highest BCUT2D eigenvalue weighted by molar-refractivity contribution is 5.34. The van der Waals surface area contributed by atoms with Gasteiger partial charge in [0.05, 0.1) is 12.0 Å². The van der Waals surface area contributed by atoms with Crippen molar-refractivity contribution in [3.8, 4) is 6.07 Å². The molecule has 0 aromatic rings. The maximum Gasteiger partial charge on any atom is 0.0864 e. The number of hydrogen-bond donors (Lipinski definition) is 2. The highest BCUT2D eigenvalue weighted by Gasteiger charge is 2.20. The third kappa shape index (κ3) is 3.34. The van der Waals surface area contributed by atoms with Gasteiger partial charge in [-0.1, -0.05) is 37.3 Å². The van der Waals surface area contributed by atoms with Crippen LogP contribution in [0.4, 0.5) is 0 Å². The molecule has 3 N–H and O–H groups in total. The van der Waals surface area contributed by atoms with Crippen LogP contribution < -0.4 is 5.73 Å². The Morgan fingerprint density at radius 3 is 2.94 bits per heavy atom. The van der Waals surface area contributed by atoms with Crippen LogP contribution in [0.25, 0.3) is 0 Å². The van der Waals surface area contributed by atoms with Gasteiger partial charge >= 0.3 is 0 Å². The van der Waals surface area contributed by atoms with Crippen molar-refractivity contribution in [1.29, 1.82) is 5.26 Å². The number of nitriles is 1. The summed E-state index contributed by atoms with van der Waals surface area (Å²) < 4.78 is 0. The van der Waals surface area contributed by atoms with Crippen LogP contribution >= 0.6 is 0 Å². The third-order valence-corrected chi connectivity index (χ3v) is 2.68. The van der Waals surface area contributed by atoms with E-state index < -0.39 is 0 Å². The van der Waals surface area contributed by atoms with E-state index in [1.165, 1.54) is 0 Å². The SMILES string of the molecule is CC1C=CC=C([C@@H](C#N)[C@@H](N)CCO)C=C1. The molecule has 0 aromatic heterocycles. The molecule has 0 amide bonds. The van der Waals surface area contributed by atoms with Gasteiger partial charge in [-0.05, 0) is 17.9 Å². The lowest BCUT2D eigenvalue weighted by Crippen LogP contribution is -2.31. The van der Waals surface area contributed by atoms with E-state index in [-0.39, 0.29) is 18.6 Å². The maximum absolute atomic E-state index is 9.12. The Morgan fingerprint density at radius 2 is 2.31 bits per heavy atom. The molecule has 0 fully saturated rings. The van der Waals surface area contributed by atoms with Gasteiger partial charge in [-0.15, -0.1) is 0 Å². The van der Waals surface area contributed by atoms with Gasteiger partial charge in [0, 0.05) is 12.6 Å². The minimum Gasteiger partial charge on any atom is -0.396 e. The fraction of sp³-hybridized carbons (Fsp3) is 0.462. The molecule has 0 radical (unpaired) electrons. The van der Waals surface area contributed by atoms with Crippen LogP contribution in [0.1, 0.15) is 13.3 Å². The van der Waals surface area contributed by atoms with Crippen molar-refractivity contribution in [2.45, 2.75) is 19.4 Å². The van der Waals surface area contributed by atoms with Gasteiger partial charge in [0.15, 0.2) is 0 Å². The first-order chi connectivity index (χ1) is 7.69. The van der Waals surface area contributed by atoms with Crippen molar-refractivity contribution in [3.63, 3.8) is 0 Å². The fourth-order valence-corrected chi connectivity index (χ4v) is 1.67. The quantitative estimate of drug-likeness (QED) is 0.751. The van der Waals surface area contributed by atoms with Crippen molar-refractivity contribution in [3.05, 3.63) is 36.0 Å². The Bertz CT molecular complexity index is 349. The van der Waals surface area contributed by atoms with Crippen molar-refractivity contribution >= 4 is 0 Å². The summed E-state index contributed by atoms with van der Waals surface area (Å²) in [6.45, 7) is 2.10. The molecule has 86 valence electrons. The molecule has 0 spiro atoms. The van der Waals surface area contributed by atoms with E-state index in [1.807, 2.05) is 24.3 Å². The Balaban J connectivity index is 2.82. The third-order valence-electron chi connectivity index (χ3n) is 2.68. The first kappa shape index (κ1) is 12.7. The number of allylic oxidation sites excluding steroid dienone is 5. The number of nitrogens with zero attached hydrogens (tertiary/aromatic N) is 1. The van der Waals surface area contributed by atoms with E-state index in [1.54, 1.807) is 0 Å². The molecule has 0 aliphatic heterocycles. The van der Waals surface area contributed by atoms with Gasteiger partial charge in [-0.25, -0.2) is 0 Å². The first-order valence-electron chi connectivity index (χ1n) is 5.51. The standard InChI is InChI=1S/C13H18N2O/c1-10-3-2-4-11(6-5-10)12(9-14)13(15)7-8-16/h2-6,10,12-13,16H,7-8,15H2,1H3/t10?,12-,13+/m1/s1. The summed E-state index contributed by atoms with van der Waals surface area (Å²) in [7, 11) is 0. The molecule has 1 aliphatic carbocycles. The zero-order valence-electron chi connectivity index (χ0n) is 9.50. The maximum atomic E-state index is 9.12. The summed E-state index contributed by atoms with van der Waals surface area (Å²) in [5, 5.41) is 18.0. The summed E-state index contributed by atoms with van der Waals surface area (Å²) in [6.07, 6.45) is 10.4. The van der Waals surface area contributed by atoms with Crippen molar-refractivity contribution in [2.75, 3.05) is 6.61 Å². The molecule has 1 rings (SSSR count). The number of aliphatic hydroxyl groups is 1. The molecule has 16 heavy (non-hydrogen) atoms. The fourth-order valence-electron chi connectivity index (χ4n) is 1.67. The van der Waals surface area contributed by atoms with Crippen LogP contribution in [0, 0.1) is 23.2 Å². The van der Waals surface area contributed by atoms with Crippen LogP contribution in [-0.4, -0.2) is 17.8 Å². The Morgan fingerprint density at radius 1 is 1.56 bits per heavy atom. The molecule has 1 unspecified atom stereocenters. The smallest absolute Gasteiger partial charge is 0.0864 e. The van der Waals surface area contributed by atoms with Gasteiger partial charge in [0.25, 0.3) is 0 Å². The molecular weight excluding hydrogens is 200 g/mol. The van der Waals surface area contributed by atoms with Gasteiger partial charge in [0.1, 0.15) is 0 Å². The zero-order chi connectivity index (χ0) is 12.0. The van der Waals surface area contributed by atoms with E-state index in [2.05, 4.69) is 19.1 Å². The minimum absolute atomic E-state index is 0.0165. The first-order valence-corrected chi connectivity index (χ1v) is 5.51. The van der Waals surface area contributed by atoms with Crippen LogP contribution in [0.15, 0.2) is 36.0 Å². The number of aliphatic hydroxyl groups excluding tert-OH is 1. The van der Waals surface area contributed by atoms with Gasteiger partial charge < -0.3 is 10.8 Å². The molecule has 3 nitrogen and oxygen atoms in total. The Kier molecular flexibility index (Phi) is 4.97. The number of hydrogen-bond acceptors (Lipinski definition) is 3. The predicted octanol–water partition coefficient (Wildman–Crippen LogP) is 1.52. The van der Waals surface area contributed by atoms with E-state index in [0.29, 0.717) is 12.3 Å². The molecule has 0 bridgehead atoms. The van der Waals surface area contributed by atoms with E-state index in [9.17, 15) is 0 Å². The van der Waals surface area contributed by atoms with E-state index >= 15 is 0 Å². The second-order valence-electron chi connectivity index (χ2n) is 4.05. The zero-order valence-corrected chi connectivity index (χ0v) is 9.50. The Hall–Kier alpha value is -1.37. The lowest BCUT2D eigenvalue weighted by Gasteiger charge is -2.17. The number of rotatable bonds is 4. The molecule has 1 aliphatic rings. The summed E-state index contributed by atoms with van der Waals surface area (Å²) in [5.41, 5.74) is 6.79. The van der Waals surface area contributed by atoms with Crippen LogP contribution in [0.3, 0.4) is 0 Å². The average Bonchev–Trinajstić information content (AvgIpc) is 2.46. The van der Waals surface area contributed by atoms with E-state index in [0.717, 1.165) is 5.57 Å². The summed E-state index contributed by atoms with van der Waals surface area (Å²) in [5.74, 6) is 0.0282. The summed E-state index contributed by atoms with van der Waals surface area (Å²) in [4.78, 5) is 0. The lowest BCUT2D eigenvalue weighted by molar-refractivity contribution is 0.269. The van der Waals surface area contributed by atoms with Crippen LogP contribution in [0.5, 0.6) is 0 Å². The normalized spacial score (nSPS) is 23.1. The lowest BCUT2D eigenvalue weighted by atomic mass is 9.90. The summed E-state index contributed by atoms with van der Waals surface area (Å²) in [6, 6.07) is 1.90. The molecule has 0 heterocycles.